The van der Waals surface area contributed by atoms with Crippen LogP contribution >= 0.6 is 0 Å². The fourth-order valence-corrected chi connectivity index (χ4v) is 4.55. The maximum Gasteiger partial charge on any atom is 0.0867 e. The van der Waals surface area contributed by atoms with Crippen molar-refractivity contribution in [2.75, 3.05) is 0 Å². The van der Waals surface area contributed by atoms with Gasteiger partial charge in [0.15, 0.2) is 0 Å². The molecule has 2 aromatic carbocycles. The quantitative estimate of drug-likeness (QED) is 0.678. The van der Waals surface area contributed by atoms with Crippen LogP contribution in [0.15, 0.2) is 46.2 Å². The normalized spacial score (nSPS) is 13.4. The Kier molecular flexibility index (Phi) is 2.83. The molecule has 0 spiro atoms. The van der Waals surface area contributed by atoms with Crippen LogP contribution in [0.4, 0.5) is 0 Å². The van der Waals surface area contributed by atoms with E-state index in [-0.39, 0.29) is 0 Å². The molecule has 0 saturated heterocycles. The van der Waals surface area contributed by atoms with Crippen molar-refractivity contribution in [1.29, 1.82) is 0 Å². The molecule has 1 aliphatic rings. The minimum Gasteiger partial charge on any atom is -0.249 e. The molecule has 2 aromatic rings. The maximum absolute atomic E-state index is 12.8. The van der Waals surface area contributed by atoms with Crippen molar-refractivity contribution in [2.45, 2.75) is 36.5 Å². The standard InChI is InChI=1S/C16H16OS/c1-3-11-7-5-9-13-14-10-6-8-12(4-2)16(14)18(17)15(11)13/h5-10H,3-4H2,1-2H3. The molecule has 0 N–H and O–H groups in total. The molecule has 0 unspecified atom stereocenters. The monoisotopic (exact) mass is 256 g/mol. The van der Waals surface area contributed by atoms with Crippen molar-refractivity contribution in [2.24, 2.45) is 0 Å². The third kappa shape index (κ3) is 1.49. The molecule has 18 heavy (non-hydrogen) atoms. The van der Waals surface area contributed by atoms with Gasteiger partial charge in [-0.1, -0.05) is 50.2 Å². The van der Waals surface area contributed by atoms with Gasteiger partial charge in [0.2, 0.25) is 0 Å². The lowest BCUT2D eigenvalue weighted by atomic mass is 10.00. The number of aryl methyl sites for hydroxylation is 2. The Hall–Kier alpha value is -1.41. The predicted molar refractivity (Wildman–Crippen MR) is 75.3 cm³/mol. The van der Waals surface area contributed by atoms with Crippen LogP contribution in [-0.4, -0.2) is 4.21 Å². The van der Waals surface area contributed by atoms with E-state index in [0.29, 0.717) is 0 Å². The van der Waals surface area contributed by atoms with Gasteiger partial charge in [-0.2, -0.15) is 0 Å². The Balaban J connectivity index is 2.34. The summed E-state index contributed by atoms with van der Waals surface area (Å²) in [5, 5.41) is 0. The summed E-state index contributed by atoms with van der Waals surface area (Å²) >= 11 is 0. The first-order valence-electron chi connectivity index (χ1n) is 6.43. The molecule has 1 nitrogen and oxygen atoms in total. The van der Waals surface area contributed by atoms with E-state index in [1.807, 2.05) is 0 Å². The highest BCUT2D eigenvalue weighted by molar-refractivity contribution is 7.86. The van der Waals surface area contributed by atoms with Gasteiger partial charge >= 0.3 is 0 Å². The number of fused-ring (bicyclic) bond motifs is 3. The highest BCUT2D eigenvalue weighted by Gasteiger charge is 2.29. The lowest BCUT2D eigenvalue weighted by molar-refractivity contribution is 0.683. The molecular formula is C16H16OS. The highest BCUT2D eigenvalue weighted by Crippen LogP contribution is 2.43. The molecule has 0 radical (unpaired) electrons. The molecule has 2 heteroatoms. The second kappa shape index (κ2) is 4.36. The van der Waals surface area contributed by atoms with Crippen LogP contribution in [-0.2, 0) is 23.6 Å². The topological polar surface area (TPSA) is 17.1 Å². The summed E-state index contributed by atoms with van der Waals surface area (Å²) in [7, 11) is -0.996. The second-order valence-corrected chi connectivity index (χ2v) is 5.92. The van der Waals surface area contributed by atoms with Crippen LogP contribution in [0.2, 0.25) is 0 Å². The SMILES string of the molecule is CCc1cccc2c1S(=O)c1c(CC)cccc1-2. The average molecular weight is 256 g/mol. The lowest BCUT2D eigenvalue weighted by Gasteiger charge is -2.04. The van der Waals surface area contributed by atoms with Gasteiger partial charge < -0.3 is 0 Å². The average Bonchev–Trinajstić information content (AvgIpc) is 2.73. The van der Waals surface area contributed by atoms with Crippen molar-refractivity contribution in [3.05, 3.63) is 47.5 Å². The minimum absolute atomic E-state index is 0.935. The fraction of sp³-hybridized carbons (Fsp3) is 0.250. The summed E-state index contributed by atoms with van der Waals surface area (Å²) in [5.41, 5.74) is 4.75. The zero-order valence-corrected chi connectivity index (χ0v) is 11.5. The molecule has 1 heterocycles. The van der Waals surface area contributed by atoms with Crippen molar-refractivity contribution in [3.63, 3.8) is 0 Å². The first-order valence-corrected chi connectivity index (χ1v) is 7.58. The summed E-state index contributed by atoms with van der Waals surface area (Å²) in [6.45, 7) is 4.24. The zero-order chi connectivity index (χ0) is 12.7. The molecule has 0 fully saturated rings. The third-order valence-corrected chi connectivity index (χ3v) is 5.32. The lowest BCUT2D eigenvalue weighted by Crippen LogP contribution is -1.95. The number of rotatable bonds is 2. The predicted octanol–water partition coefficient (Wildman–Crippen LogP) is 3.96. The molecule has 0 aliphatic carbocycles. The van der Waals surface area contributed by atoms with Crippen LogP contribution in [0, 0.1) is 0 Å². The number of hydrogen-bond acceptors (Lipinski definition) is 1. The van der Waals surface area contributed by atoms with Crippen molar-refractivity contribution >= 4 is 10.8 Å². The van der Waals surface area contributed by atoms with Crippen molar-refractivity contribution in [3.8, 4) is 11.1 Å². The Labute approximate surface area is 110 Å². The van der Waals surface area contributed by atoms with Crippen LogP contribution < -0.4 is 0 Å². The van der Waals surface area contributed by atoms with Crippen LogP contribution in [0.5, 0.6) is 0 Å². The highest BCUT2D eigenvalue weighted by atomic mass is 32.2. The van der Waals surface area contributed by atoms with Gasteiger partial charge in [0.05, 0.1) is 20.6 Å². The molecular weight excluding hydrogens is 240 g/mol. The van der Waals surface area contributed by atoms with Crippen LogP contribution in [0.25, 0.3) is 11.1 Å². The Bertz CT molecular complexity index is 588. The van der Waals surface area contributed by atoms with Crippen LogP contribution in [0.3, 0.4) is 0 Å². The molecule has 0 atom stereocenters. The van der Waals surface area contributed by atoms with Gasteiger partial charge in [-0.15, -0.1) is 0 Å². The summed E-state index contributed by atoms with van der Waals surface area (Å²) in [6, 6.07) is 12.5. The van der Waals surface area contributed by atoms with E-state index in [4.69, 9.17) is 0 Å². The Morgan fingerprint density at radius 2 is 1.28 bits per heavy atom. The van der Waals surface area contributed by atoms with E-state index in [1.54, 1.807) is 0 Å². The first-order chi connectivity index (χ1) is 8.77. The summed E-state index contributed by atoms with van der Waals surface area (Å²) in [5.74, 6) is 0. The second-order valence-electron chi connectivity index (χ2n) is 4.56. The van der Waals surface area contributed by atoms with Gasteiger partial charge in [0.1, 0.15) is 0 Å². The summed E-state index contributed by atoms with van der Waals surface area (Å²) < 4.78 is 12.8. The largest absolute Gasteiger partial charge is 0.249 e. The molecule has 0 bridgehead atoms. The van der Waals surface area contributed by atoms with E-state index >= 15 is 0 Å². The minimum atomic E-state index is -0.996. The maximum atomic E-state index is 12.8. The molecule has 1 aliphatic heterocycles. The fourth-order valence-electron chi connectivity index (χ4n) is 2.69. The smallest absolute Gasteiger partial charge is 0.0867 e. The summed E-state index contributed by atoms with van der Waals surface area (Å²) in [6.07, 6.45) is 1.87. The molecule has 92 valence electrons. The van der Waals surface area contributed by atoms with E-state index < -0.39 is 10.8 Å². The van der Waals surface area contributed by atoms with Gasteiger partial charge in [0.25, 0.3) is 0 Å². The molecule has 0 aromatic heterocycles. The van der Waals surface area contributed by atoms with E-state index in [1.165, 1.54) is 11.1 Å². The molecule has 3 rings (SSSR count). The third-order valence-electron chi connectivity index (χ3n) is 3.62. The zero-order valence-electron chi connectivity index (χ0n) is 10.7. The first kappa shape index (κ1) is 11.7. The van der Waals surface area contributed by atoms with Gasteiger partial charge in [-0.05, 0) is 35.1 Å². The van der Waals surface area contributed by atoms with Crippen LogP contribution in [0.1, 0.15) is 25.0 Å². The number of hydrogen-bond donors (Lipinski definition) is 0. The van der Waals surface area contributed by atoms with Gasteiger partial charge in [-0.25, -0.2) is 4.21 Å². The Morgan fingerprint density at radius 3 is 1.67 bits per heavy atom. The van der Waals surface area contributed by atoms with Gasteiger partial charge in [-0.3, -0.25) is 0 Å². The van der Waals surface area contributed by atoms with E-state index in [2.05, 4.69) is 50.2 Å². The van der Waals surface area contributed by atoms with E-state index in [9.17, 15) is 4.21 Å². The van der Waals surface area contributed by atoms with Crippen molar-refractivity contribution < 1.29 is 4.21 Å². The van der Waals surface area contributed by atoms with E-state index in [0.717, 1.165) is 33.8 Å². The molecule has 0 saturated carbocycles. The summed E-state index contributed by atoms with van der Waals surface area (Å²) in [4.78, 5) is 2.08. The van der Waals surface area contributed by atoms with Gasteiger partial charge in [0, 0.05) is 0 Å². The Morgan fingerprint density at radius 1 is 0.833 bits per heavy atom. The van der Waals surface area contributed by atoms with Crippen molar-refractivity contribution in [1.82, 2.24) is 0 Å². The number of benzene rings is 2. The molecule has 0 amide bonds.